The summed E-state index contributed by atoms with van der Waals surface area (Å²) < 4.78 is 2.17. The van der Waals surface area contributed by atoms with E-state index in [1.807, 2.05) is 0 Å². The predicted octanol–water partition coefficient (Wildman–Crippen LogP) is 2.90. The van der Waals surface area contributed by atoms with E-state index in [1.165, 1.54) is 0 Å². The van der Waals surface area contributed by atoms with Crippen molar-refractivity contribution >= 4 is 57.9 Å². The van der Waals surface area contributed by atoms with E-state index in [9.17, 15) is 4.79 Å². The molecule has 0 amide bonds. The van der Waals surface area contributed by atoms with Crippen LogP contribution >= 0.6 is 23.2 Å². The molecule has 9 heteroatoms. The van der Waals surface area contributed by atoms with E-state index < -0.39 is 0 Å². The SMILES string of the molecule is CC(=O)C1C=NC(N2CC(c3nc4cc(N(CCCl)CCCl)ccc4n3C)C2)=NC1. The number of aryl methyl sites for hydroxylation is 1. The van der Waals surface area contributed by atoms with Gasteiger partial charge in [0.1, 0.15) is 11.6 Å². The molecule has 160 valence electrons. The smallest absolute Gasteiger partial charge is 0.220 e. The molecule has 4 rings (SSSR count). The molecule has 1 aromatic carbocycles. The van der Waals surface area contributed by atoms with Crippen molar-refractivity contribution in [2.75, 3.05) is 49.4 Å². The van der Waals surface area contributed by atoms with Crippen LogP contribution in [0.1, 0.15) is 18.7 Å². The maximum Gasteiger partial charge on any atom is 0.220 e. The zero-order valence-electron chi connectivity index (χ0n) is 17.3. The Morgan fingerprint density at radius 3 is 2.57 bits per heavy atom. The Hall–Kier alpha value is -2.12. The Morgan fingerprint density at radius 1 is 1.23 bits per heavy atom. The molecule has 1 unspecified atom stereocenters. The highest BCUT2D eigenvalue weighted by Gasteiger charge is 2.34. The molecule has 0 bridgehead atoms. The van der Waals surface area contributed by atoms with Gasteiger partial charge < -0.3 is 14.4 Å². The second-order valence-corrected chi connectivity index (χ2v) is 8.56. The fourth-order valence-corrected chi connectivity index (χ4v) is 4.40. The van der Waals surface area contributed by atoms with E-state index in [-0.39, 0.29) is 11.7 Å². The number of imidazole rings is 1. The van der Waals surface area contributed by atoms with Gasteiger partial charge >= 0.3 is 0 Å². The molecule has 7 nitrogen and oxygen atoms in total. The van der Waals surface area contributed by atoms with E-state index >= 15 is 0 Å². The van der Waals surface area contributed by atoms with E-state index in [0.717, 1.165) is 54.7 Å². The van der Waals surface area contributed by atoms with Crippen LogP contribution in [0.5, 0.6) is 0 Å². The minimum Gasteiger partial charge on any atom is -0.369 e. The standard InChI is InChI=1S/C21H26Cl2N6O/c1-14(30)15-10-24-21(25-11-15)29-12-16(13-29)20-26-18-9-17(3-4-19(18)27(20)2)28(7-5-22)8-6-23/h3-4,9-10,15-16H,5-8,11-13H2,1-2H3. The highest BCUT2D eigenvalue weighted by atomic mass is 35.5. The number of likely N-dealkylation sites (tertiary alicyclic amines) is 1. The minimum absolute atomic E-state index is 0.109. The number of halogens is 2. The molecule has 3 heterocycles. The Bertz CT molecular complexity index is 989. The van der Waals surface area contributed by atoms with Crippen LogP contribution in [-0.2, 0) is 11.8 Å². The molecule has 2 aliphatic rings. The number of benzene rings is 1. The topological polar surface area (TPSA) is 66.1 Å². The normalized spacial score (nSPS) is 19.1. The maximum atomic E-state index is 11.5. The zero-order chi connectivity index (χ0) is 21.3. The van der Waals surface area contributed by atoms with Crippen LogP contribution in [0.4, 0.5) is 5.69 Å². The van der Waals surface area contributed by atoms with Crippen LogP contribution < -0.4 is 4.90 Å². The second-order valence-electron chi connectivity index (χ2n) is 7.80. The molecule has 1 saturated heterocycles. The summed E-state index contributed by atoms with van der Waals surface area (Å²) >= 11 is 11.9. The van der Waals surface area contributed by atoms with Crippen LogP contribution in [0, 0.1) is 5.92 Å². The first-order valence-corrected chi connectivity index (χ1v) is 11.3. The lowest BCUT2D eigenvalue weighted by atomic mass is 9.99. The van der Waals surface area contributed by atoms with Crippen molar-refractivity contribution in [3.63, 3.8) is 0 Å². The number of rotatable bonds is 7. The number of aliphatic imine (C=N–C) groups is 2. The first-order chi connectivity index (χ1) is 14.5. The molecule has 1 atom stereocenters. The van der Waals surface area contributed by atoms with Crippen molar-refractivity contribution < 1.29 is 4.79 Å². The molecule has 0 N–H and O–H groups in total. The zero-order valence-corrected chi connectivity index (χ0v) is 18.8. The number of Topliss-reactive ketones (excluding diaryl/α,β-unsaturated/α-hetero) is 1. The summed E-state index contributed by atoms with van der Waals surface area (Å²) in [5.41, 5.74) is 3.19. The molecule has 0 radical (unpaired) electrons. The van der Waals surface area contributed by atoms with E-state index in [1.54, 1.807) is 13.1 Å². The van der Waals surface area contributed by atoms with Gasteiger partial charge in [-0.1, -0.05) is 0 Å². The van der Waals surface area contributed by atoms with Crippen LogP contribution in [0.2, 0.25) is 0 Å². The van der Waals surface area contributed by atoms with Crippen molar-refractivity contribution in [2.24, 2.45) is 23.0 Å². The van der Waals surface area contributed by atoms with E-state index in [4.69, 9.17) is 28.2 Å². The van der Waals surface area contributed by atoms with Gasteiger partial charge in [-0.2, -0.15) is 0 Å². The molecular formula is C21H26Cl2N6O. The highest BCUT2D eigenvalue weighted by Crippen LogP contribution is 2.31. The third-order valence-electron chi connectivity index (χ3n) is 5.82. The second kappa shape index (κ2) is 8.94. The lowest BCUT2D eigenvalue weighted by molar-refractivity contribution is -0.118. The molecule has 1 fully saturated rings. The monoisotopic (exact) mass is 448 g/mol. The summed E-state index contributed by atoms with van der Waals surface area (Å²) in [6, 6.07) is 6.34. The third-order valence-corrected chi connectivity index (χ3v) is 6.16. The number of guanidine groups is 1. The summed E-state index contributed by atoms with van der Waals surface area (Å²) in [6.07, 6.45) is 1.72. The molecular weight excluding hydrogens is 423 g/mol. The van der Waals surface area contributed by atoms with Crippen molar-refractivity contribution in [2.45, 2.75) is 12.8 Å². The number of alkyl halides is 2. The number of ketones is 1. The number of aromatic nitrogens is 2. The van der Waals surface area contributed by atoms with Gasteiger partial charge in [-0.15, -0.1) is 23.2 Å². The van der Waals surface area contributed by atoms with Crippen LogP contribution in [0.25, 0.3) is 11.0 Å². The first kappa shape index (κ1) is 21.1. The van der Waals surface area contributed by atoms with Gasteiger partial charge in [0, 0.05) is 56.9 Å². The minimum atomic E-state index is -0.183. The van der Waals surface area contributed by atoms with Gasteiger partial charge in [-0.25, -0.2) is 9.98 Å². The summed E-state index contributed by atoms with van der Waals surface area (Å²) in [5.74, 6) is 3.16. The first-order valence-electron chi connectivity index (χ1n) is 10.2. The Balaban J connectivity index is 1.47. The van der Waals surface area contributed by atoms with Crippen LogP contribution in [0.3, 0.4) is 0 Å². The number of hydrogen-bond donors (Lipinski definition) is 0. The van der Waals surface area contributed by atoms with E-state index in [2.05, 4.69) is 49.6 Å². The van der Waals surface area contributed by atoms with Crippen molar-refractivity contribution in [1.82, 2.24) is 14.5 Å². The summed E-state index contributed by atoms with van der Waals surface area (Å²) in [5, 5.41) is 0. The lowest BCUT2D eigenvalue weighted by Gasteiger charge is -2.40. The third kappa shape index (κ3) is 4.05. The maximum absolute atomic E-state index is 11.5. The fourth-order valence-electron chi connectivity index (χ4n) is 3.99. The molecule has 0 aliphatic carbocycles. The average Bonchev–Trinajstić information content (AvgIpc) is 3.03. The quantitative estimate of drug-likeness (QED) is 0.610. The largest absolute Gasteiger partial charge is 0.369 e. The highest BCUT2D eigenvalue weighted by molar-refractivity contribution is 6.18. The molecule has 0 spiro atoms. The molecule has 0 saturated carbocycles. The van der Waals surface area contributed by atoms with Gasteiger partial charge in [-0.05, 0) is 25.1 Å². The fraction of sp³-hybridized carbons (Fsp3) is 0.524. The number of hydrogen-bond acceptors (Lipinski definition) is 6. The average molecular weight is 449 g/mol. The van der Waals surface area contributed by atoms with Crippen LogP contribution in [-0.4, -0.2) is 76.9 Å². The van der Waals surface area contributed by atoms with Gasteiger partial charge in [0.25, 0.3) is 0 Å². The van der Waals surface area contributed by atoms with Crippen molar-refractivity contribution in [1.29, 1.82) is 0 Å². The Labute approximate surface area is 186 Å². The summed E-state index contributed by atoms with van der Waals surface area (Å²) in [6.45, 7) is 5.24. The predicted molar refractivity (Wildman–Crippen MR) is 124 cm³/mol. The molecule has 30 heavy (non-hydrogen) atoms. The number of carbonyl (C=O) groups is 1. The van der Waals surface area contributed by atoms with Gasteiger partial charge in [0.05, 0.1) is 29.4 Å². The van der Waals surface area contributed by atoms with Crippen molar-refractivity contribution in [3.8, 4) is 0 Å². The number of fused-ring (bicyclic) bond motifs is 1. The number of anilines is 1. The van der Waals surface area contributed by atoms with E-state index in [0.29, 0.717) is 24.2 Å². The molecule has 2 aromatic rings. The Kier molecular flexibility index (Phi) is 6.29. The van der Waals surface area contributed by atoms with Gasteiger partial charge in [0.2, 0.25) is 5.96 Å². The van der Waals surface area contributed by atoms with Crippen LogP contribution in [0.15, 0.2) is 28.2 Å². The van der Waals surface area contributed by atoms with Gasteiger partial charge in [-0.3, -0.25) is 9.79 Å². The number of carbonyl (C=O) groups excluding carboxylic acids is 1. The van der Waals surface area contributed by atoms with Gasteiger partial charge in [0.15, 0.2) is 0 Å². The van der Waals surface area contributed by atoms with Crippen molar-refractivity contribution in [3.05, 3.63) is 24.0 Å². The molecule has 1 aromatic heterocycles. The number of nitrogens with zero attached hydrogens (tertiary/aromatic N) is 6. The summed E-state index contributed by atoms with van der Waals surface area (Å²) in [4.78, 5) is 29.6. The Morgan fingerprint density at radius 2 is 1.97 bits per heavy atom. The lowest BCUT2D eigenvalue weighted by Crippen LogP contribution is -2.49. The summed E-state index contributed by atoms with van der Waals surface area (Å²) in [7, 11) is 2.07. The molecule has 2 aliphatic heterocycles.